The van der Waals surface area contributed by atoms with Crippen LogP contribution in [-0.2, 0) is 4.74 Å². The summed E-state index contributed by atoms with van der Waals surface area (Å²) in [5, 5.41) is 21.7. The summed E-state index contributed by atoms with van der Waals surface area (Å²) in [7, 11) is 0. The molecule has 5 atom stereocenters. The highest BCUT2D eigenvalue weighted by atomic mass is 32.1. The maximum absolute atomic E-state index is 13.0. The summed E-state index contributed by atoms with van der Waals surface area (Å²) in [6.45, 7) is 0.350. The van der Waals surface area contributed by atoms with Crippen LogP contribution in [0.2, 0.25) is 0 Å². The van der Waals surface area contributed by atoms with Crippen molar-refractivity contribution in [1.29, 1.82) is 0 Å². The van der Waals surface area contributed by atoms with Crippen LogP contribution in [0.1, 0.15) is 40.9 Å². The lowest BCUT2D eigenvalue weighted by Gasteiger charge is -2.33. The minimum Gasteiger partial charge on any atom is -0.493 e. The fourth-order valence-corrected chi connectivity index (χ4v) is 4.86. The maximum atomic E-state index is 13.0. The van der Waals surface area contributed by atoms with Crippen LogP contribution in [0.3, 0.4) is 0 Å². The van der Waals surface area contributed by atoms with E-state index in [0.29, 0.717) is 23.8 Å². The summed E-state index contributed by atoms with van der Waals surface area (Å²) < 4.78 is 24.9. The number of halogens is 1. The van der Waals surface area contributed by atoms with Crippen molar-refractivity contribution < 1.29 is 28.9 Å². The molecule has 27 heavy (non-hydrogen) atoms. The Hall–Kier alpha value is -2.03. The van der Waals surface area contributed by atoms with Crippen molar-refractivity contribution >= 4 is 17.3 Å². The Morgan fingerprint density at radius 2 is 2.11 bits per heavy atom. The second kappa shape index (κ2) is 7.53. The number of ether oxygens (including phenoxy) is 2. The molecule has 1 aromatic carbocycles. The molecule has 5 unspecified atom stereocenters. The minimum atomic E-state index is -1.04. The van der Waals surface area contributed by atoms with E-state index in [1.807, 2.05) is 0 Å². The Labute approximate surface area is 159 Å². The molecule has 1 aromatic heterocycles. The standard InChI is InChI=1S/C19H20FNO5S/c20-10-1-3-11(4-2-10)25-8-13-12-5-6-16(26-17(12)7-15(13)22)18-21-14(9-27-18)19(23)24/h1-4,9,12-13,15-17,22H,5-8H2,(H,23,24). The van der Waals surface area contributed by atoms with Crippen molar-refractivity contribution in [3.63, 3.8) is 0 Å². The SMILES string of the molecule is O=C(O)c1csc(C2CCC3C(CC(O)C3COc3ccc(F)cc3)O2)n1. The van der Waals surface area contributed by atoms with E-state index in [1.54, 1.807) is 12.1 Å². The zero-order chi connectivity index (χ0) is 19.0. The molecule has 0 spiro atoms. The van der Waals surface area contributed by atoms with Gasteiger partial charge in [-0.2, -0.15) is 0 Å². The van der Waals surface area contributed by atoms with Gasteiger partial charge in [-0.05, 0) is 43.0 Å². The summed E-state index contributed by atoms with van der Waals surface area (Å²) in [5.74, 6) is -0.656. The first-order chi connectivity index (χ1) is 13.0. The number of carbonyl (C=O) groups is 1. The van der Waals surface area contributed by atoms with Gasteiger partial charge < -0.3 is 19.7 Å². The van der Waals surface area contributed by atoms with Crippen LogP contribution in [0.25, 0.3) is 0 Å². The van der Waals surface area contributed by atoms with Gasteiger partial charge in [0.05, 0.1) is 18.8 Å². The molecule has 8 heteroatoms. The van der Waals surface area contributed by atoms with Gasteiger partial charge >= 0.3 is 5.97 Å². The van der Waals surface area contributed by atoms with Gasteiger partial charge in [-0.25, -0.2) is 14.2 Å². The quantitative estimate of drug-likeness (QED) is 0.811. The highest BCUT2D eigenvalue weighted by Crippen LogP contribution is 2.46. The van der Waals surface area contributed by atoms with Crippen LogP contribution >= 0.6 is 11.3 Å². The Kier molecular flexibility index (Phi) is 5.12. The van der Waals surface area contributed by atoms with E-state index < -0.39 is 12.1 Å². The van der Waals surface area contributed by atoms with E-state index in [9.17, 15) is 14.3 Å². The summed E-state index contributed by atoms with van der Waals surface area (Å²) in [6.07, 6.45) is 1.26. The molecule has 1 aliphatic carbocycles. The van der Waals surface area contributed by atoms with E-state index in [2.05, 4.69) is 4.98 Å². The van der Waals surface area contributed by atoms with Gasteiger partial charge in [0.15, 0.2) is 5.69 Å². The zero-order valence-corrected chi connectivity index (χ0v) is 15.3. The average molecular weight is 393 g/mol. The molecule has 144 valence electrons. The number of aliphatic hydroxyl groups is 1. The van der Waals surface area contributed by atoms with Crippen molar-refractivity contribution in [3.8, 4) is 5.75 Å². The van der Waals surface area contributed by atoms with Gasteiger partial charge in [0.1, 0.15) is 22.7 Å². The first-order valence-corrected chi connectivity index (χ1v) is 9.80. The molecule has 0 amide bonds. The highest BCUT2D eigenvalue weighted by molar-refractivity contribution is 7.09. The number of nitrogens with zero attached hydrogens (tertiary/aromatic N) is 1. The molecular weight excluding hydrogens is 373 g/mol. The summed E-state index contributed by atoms with van der Waals surface area (Å²) >= 11 is 1.29. The molecule has 0 bridgehead atoms. The van der Waals surface area contributed by atoms with Gasteiger partial charge in [-0.15, -0.1) is 11.3 Å². The third-order valence-electron chi connectivity index (χ3n) is 5.37. The predicted molar refractivity (Wildman–Crippen MR) is 95.4 cm³/mol. The van der Waals surface area contributed by atoms with Crippen LogP contribution in [0, 0.1) is 17.7 Å². The summed E-state index contributed by atoms with van der Waals surface area (Å²) in [4.78, 5) is 15.2. The molecule has 1 saturated carbocycles. The number of aromatic carboxylic acids is 1. The monoisotopic (exact) mass is 393 g/mol. The van der Waals surface area contributed by atoms with Crippen LogP contribution in [-0.4, -0.2) is 40.0 Å². The summed E-state index contributed by atoms with van der Waals surface area (Å²) in [5.41, 5.74) is 0.0396. The lowest BCUT2D eigenvalue weighted by Crippen LogP contribution is -2.33. The van der Waals surface area contributed by atoms with Gasteiger partial charge in [-0.1, -0.05) is 0 Å². The predicted octanol–water partition coefficient (Wildman–Crippen LogP) is 3.28. The fraction of sp³-hybridized carbons (Fsp3) is 0.474. The van der Waals surface area contributed by atoms with Crippen molar-refractivity contribution in [2.24, 2.45) is 11.8 Å². The number of rotatable bonds is 5. The number of carboxylic acids is 1. The third-order valence-corrected chi connectivity index (χ3v) is 6.31. The van der Waals surface area contributed by atoms with Gasteiger partial charge in [-0.3, -0.25) is 0 Å². The van der Waals surface area contributed by atoms with Crippen molar-refractivity contribution in [3.05, 3.63) is 46.2 Å². The normalized spacial score (nSPS) is 30.1. The Morgan fingerprint density at radius 3 is 2.81 bits per heavy atom. The van der Waals surface area contributed by atoms with Crippen molar-refractivity contribution in [2.45, 2.75) is 37.6 Å². The number of hydrogen-bond donors (Lipinski definition) is 2. The molecule has 1 saturated heterocycles. The molecule has 2 N–H and O–H groups in total. The number of carboxylic acid groups (broad SMARTS) is 1. The molecule has 2 heterocycles. The Bertz CT molecular complexity index is 811. The number of benzene rings is 1. The second-order valence-corrected chi connectivity index (χ2v) is 7.90. The molecule has 2 fully saturated rings. The zero-order valence-electron chi connectivity index (χ0n) is 14.5. The molecule has 2 aromatic rings. The molecular formula is C19H20FNO5S. The van der Waals surface area contributed by atoms with Gasteiger partial charge in [0.2, 0.25) is 0 Å². The largest absolute Gasteiger partial charge is 0.493 e. The lowest BCUT2D eigenvalue weighted by atomic mass is 9.87. The molecule has 2 aliphatic rings. The maximum Gasteiger partial charge on any atom is 0.355 e. The minimum absolute atomic E-state index is 0.0396. The summed E-state index contributed by atoms with van der Waals surface area (Å²) in [6, 6.07) is 5.84. The fourth-order valence-electron chi connectivity index (χ4n) is 4.00. The molecule has 4 rings (SSSR count). The van der Waals surface area contributed by atoms with Crippen molar-refractivity contribution in [1.82, 2.24) is 4.98 Å². The first-order valence-electron chi connectivity index (χ1n) is 8.92. The van der Waals surface area contributed by atoms with E-state index in [0.717, 1.165) is 12.8 Å². The molecule has 6 nitrogen and oxygen atoms in total. The third kappa shape index (κ3) is 3.83. The topological polar surface area (TPSA) is 88.9 Å². The number of hydrogen-bond acceptors (Lipinski definition) is 6. The van der Waals surface area contributed by atoms with Gasteiger partial charge in [0, 0.05) is 17.7 Å². The van der Waals surface area contributed by atoms with E-state index in [-0.39, 0.29) is 35.6 Å². The Morgan fingerprint density at radius 1 is 1.33 bits per heavy atom. The first kappa shape index (κ1) is 18.3. The van der Waals surface area contributed by atoms with E-state index in [4.69, 9.17) is 14.6 Å². The van der Waals surface area contributed by atoms with Crippen LogP contribution in [0.4, 0.5) is 4.39 Å². The second-order valence-electron chi connectivity index (χ2n) is 7.01. The van der Waals surface area contributed by atoms with E-state index >= 15 is 0 Å². The number of thiazole rings is 1. The smallest absolute Gasteiger partial charge is 0.355 e. The Balaban J connectivity index is 1.38. The van der Waals surface area contributed by atoms with Gasteiger partial charge in [0.25, 0.3) is 0 Å². The number of fused-ring (bicyclic) bond motifs is 1. The van der Waals surface area contributed by atoms with Crippen molar-refractivity contribution in [2.75, 3.05) is 6.61 Å². The highest BCUT2D eigenvalue weighted by Gasteiger charge is 2.47. The molecule has 1 aliphatic heterocycles. The van der Waals surface area contributed by atoms with E-state index in [1.165, 1.54) is 28.8 Å². The van der Waals surface area contributed by atoms with Crippen LogP contribution in [0.15, 0.2) is 29.6 Å². The van der Waals surface area contributed by atoms with Crippen LogP contribution < -0.4 is 4.74 Å². The van der Waals surface area contributed by atoms with Crippen LogP contribution in [0.5, 0.6) is 5.75 Å². The number of aliphatic hydroxyl groups excluding tert-OH is 1. The number of aromatic nitrogens is 1. The average Bonchev–Trinajstić information content (AvgIpc) is 3.25. The molecule has 0 radical (unpaired) electrons. The lowest BCUT2D eigenvalue weighted by molar-refractivity contribution is -0.0811.